The van der Waals surface area contributed by atoms with E-state index in [2.05, 4.69) is 0 Å². The number of hydrogen-bond acceptors (Lipinski definition) is 4. The summed E-state index contributed by atoms with van der Waals surface area (Å²) in [6.45, 7) is 5.75. The summed E-state index contributed by atoms with van der Waals surface area (Å²) in [5, 5.41) is 8.18. The molecule has 90 valence electrons. The zero-order valence-corrected chi connectivity index (χ0v) is 10.1. The van der Waals surface area contributed by atoms with Gasteiger partial charge in [-0.1, -0.05) is 20.8 Å². The zero-order chi connectivity index (χ0) is 12.1. The van der Waals surface area contributed by atoms with Gasteiger partial charge in [0.15, 0.2) is 0 Å². The predicted molar refractivity (Wildman–Crippen MR) is 54.6 cm³/mol. The van der Waals surface area contributed by atoms with E-state index in [0.29, 0.717) is 0 Å². The van der Waals surface area contributed by atoms with Crippen molar-refractivity contribution in [3.63, 3.8) is 0 Å². The molecule has 1 atom stereocenters. The number of carbonyl (C=O) groups is 1. The Kier molecular flexibility index (Phi) is 5.45. The smallest absolute Gasteiger partial charge is 0.324 e. The van der Waals surface area contributed by atoms with Crippen molar-refractivity contribution in [3.8, 4) is 0 Å². The first kappa shape index (κ1) is 14.6. The van der Waals surface area contributed by atoms with Crippen LogP contribution in [0.5, 0.6) is 0 Å². The van der Waals surface area contributed by atoms with E-state index in [4.69, 9.17) is 9.73 Å². The van der Waals surface area contributed by atoms with Gasteiger partial charge in [-0.25, -0.2) is 5.48 Å². The normalized spacial score (nSPS) is 15.8. The van der Waals surface area contributed by atoms with Crippen molar-refractivity contribution in [1.29, 1.82) is 0 Å². The second-order valence-electron chi connectivity index (χ2n) is 4.48. The molecule has 1 amide bonds. The highest BCUT2D eigenvalue weighted by Gasteiger charge is 2.23. The largest absolute Gasteiger partial charge is 0.328 e. The first-order chi connectivity index (χ1) is 6.66. The molecular weight excluding hydrogens is 221 g/mol. The molecule has 7 heteroatoms. The molecular formula is C8H18NO5P. The number of carbonyl (C=O) groups excluding carboxylic acids is 1. The fourth-order valence-electron chi connectivity index (χ4n) is 0.658. The molecule has 0 aromatic carbocycles. The van der Waals surface area contributed by atoms with E-state index >= 15 is 0 Å². The van der Waals surface area contributed by atoms with Crippen LogP contribution in [0.3, 0.4) is 0 Å². The summed E-state index contributed by atoms with van der Waals surface area (Å²) >= 11 is 0. The van der Waals surface area contributed by atoms with Gasteiger partial charge in [0.25, 0.3) is 0 Å². The summed E-state index contributed by atoms with van der Waals surface area (Å²) < 4.78 is 16.2. The number of hydrogen-bond donors (Lipinski definition) is 3. The van der Waals surface area contributed by atoms with Gasteiger partial charge in [-0.15, -0.1) is 0 Å². The molecule has 0 aliphatic carbocycles. The van der Waals surface area contributed by atoms with Gasteiger partial charge < -0.3 is 9.42 Å². The van der Waals surface area contributed by atoms with E-state index < -0.39 is 13.5 Å². The molecule has 0 bridgehead atoms. The minimum absolute atomic E-state index is 0.140. The Morgan fingerprint density at radius 1 is 1.47 bits per heavy atom. The maximum atomic E-state index is 11.4. The third kappa shape index (κ3) is 8.57. The van der Waals surface area contributed by atoms with E-state index in [1.807, 2.05) is 20.8 Å². The first-order valence-corrected chi connectivity index (χ1v) is 6.32. The molecule has 0 aliphatic rings. The van der Waals surface area contributed by atoms with Crippen molar-refractivity contribution in [3.05, 3.63) is 0 Å². The summed E-state index contributed by atoms with van der Waals surface area (Å²) in [5.74, 6) is -0.705. The number of hydroxylamine groups is 1. The molecule has 1 unspecified atom stereocenters. The Hall–Kier alpha value is -0.420. The Morgan fingerprint density at radius 3 is 2.40 bits per heavy atom. The van der Waals surface area contributed by atoms with Crippen LogP contribution in [-0.4, -0.2) is 28.8 Å². The van der Waals surface area contributed by atoms with Crippen molar-refractivity contribution < 1.29 is 24.0 Å². The van der Waals surface area contributed by atoms with Crippen LogP contribution in [0.1, 0.15) is 27.2 Å². The molecule has 0 heterocycles. The second-order valence-corrected chi connectivity index (χ2v) is 6.46. The molecule has 0 spiro atoms. The highest BCUT2D eigenvalue weighted by atomic mass is 31.2. The van der Waals surface area contributed by atoms with Gasteiger partial charge in [0.05, 0.1) is 12.8 Å². The van der Waals surface area contributed by atoms with Gasteiger partial charge in [0.1, 0.15) is 0 Å². The van der Waals surface area contributed by atoms with Gasteiger partial charge >= 0.3 is 7.60 Å². The molecule has 0 aromatic heterocycles. The van der Waals surface area contributed by atoms with Crippen molar-refractivity contribution in [2.75, 3.05) is 12.8 Å². The van der Waals surface area contributed by atoms with Gasteiger partial charge in [-0.3, -0.25) is 14.6 Å². The Morgan fingerprint density at radius 2 is 2.00 bits per heavy atom. The van der Waals surface area contributed by atoms with Crippen LogP contribution in [0.25, 0.3) is 0 Å². The number of amides is 1. The molecule has 3 N–H and O–H groups in total. The highest BCUT2D eigenvalue weighted by Crippen LogP contribution is 2.43. The molecule has 6 nitrogen and oxygen atoms in total. The Bertz CT molecular complexity index is 260. The first-order valence-electron chi connectivity index (χ1n) is 4.55. The predicted octanol–water partition coefficient (Wildman–Crippen LogP) is 1.13. The lowest BCUT2D eigenvalue weighted by Crippen LogP contribution is -2.20. The van der Waals surface area contributed by atoms with Crippen LogP contribution in [-0.2, 0) is 13.9 Å². The maximum Gasteiger partial charge on any atom is 0.328 e. The lowest BCUT2D eigenvalue weighted by molar-refractivity contribution is -0.128. The van der Waals surface area contributed by atoms with E-state index in [-0.39, 0.29) is 24.6 Å². The molecule has 0 rings (SSSR count). The number of rotatable bonds is 5. The fraction of sp³-hybridized carbons (Fsp3) is 0.875. The summed E-state index contributed by atoms with van der Waals surface area (Å²) in [6, 6.07) is 0. The van der Waals surface area contributed by atoms with Crippen molar-refractivity contribution in [2.45, 2.75) is 27.2 Å². The minimum Gasteiger partial charge on any atom is -0.324 e. The monoisotopic (exact) mass is 239 g/mol. The van der Waals surface area contributed by atoms with Gasteiger partial charge in [-0.05, 0) is 5.41 Å². The third-order valence-electron chi connectivity index (χ3n) is 1.45. The van der Waals surface area contributed by atoms with E-state index in [0.717, 1.165) is 0 Å². The van der Waals surface area contributed by atoms with Crippen molar-refractivity contribution in [1.82, 2.24) is 5.48 Å². The zero-order valence-electron chi connectivity index (χ0n) is 9.19. The van der Waals surface area contributed by atoms with Crippen LogP contribution >= 0.6 is 7.60 Å². The standard InChI is InChI=1S/C8H18NO5P/c1-8(2,3)6-14-15(12,13)5-4-7(10)9-11/h11H,4-6H2,1-3H3,(H,9,10)(H,12,13). The minimum atomic E-state index is -3.73. The van der Waals surface area contributed by atoms with Gasteiger partial charge in [-0.2, -0.15) is 0 Å². The Balaban J connectivity index is 3.98. The van der Waals surface area contributed by atoms with Crippen LogP contribution in [0, 0.1) is 5.41 Å². The Labute approximate surface area is 89.1 Å². The average Bonchev–Trinajstić information content (AvgIpc) is 2.10. The van der Waals surface area contributed by atoms with Crippen LogP contribution in [0.2, 0.25) is 0 Å². The molecule has 0 saturated carbocycles. The molecule has 0 saturated heterocycles. The lowest BCUT2D eigenvalue weighted by atomic mass is 9.99. The summed E-state index contributed by atoms with van der Waals surface area (Å²) in [6.07, 6.45) is -0.538. The molecule has 15 heavy (non-hydrogen) atoms. The number of nitrogens with one attached hydrogen (secondary N) is 1. The van der Waals surface area contributed by atoms with Crippen LogP contribution in [0.4, 0.5) is 0 Å². The van der Waals surface area contributed by atoms with Crippen molar-refractivity contribution in [2.24, 2.45) is 5.41 Å². The lowest BCUT2D eigenvalue weighted by Gasteiger charge is -2.20. The second kappa shape index (κ2) is 5.61. The summed E-state index contributed by atoms with van der Waals surface area (Å²) in [4.78, 5) is 19.9. The quantitative estimate of drug-likeness (QED) is 0.379. The van der Waals surface area contributed by atoms with Crippen LogP contribution in [0.15, 0.2) is 0 Å². The maximum absolute atomic E-state index is 11.4. The topological polar surface area (TPSA) is 95.9 Å². The third-order valence-corrected chi connectivity index (χ3v) is 2.77. The van der Waals surface area contributed by atoms with E-state index in [9.17, 15) is 14.3 Å². The molecule has 0 fully saturated rings. The van der Waals surface area contributed by atoms with E-state index in [1.165, 1.54) is 5.48 Å². The van der Waals surface area contributed by atoms with Gasteiger partial charge in [0.2, 0.25) is 5.91 Å². The van der Waals surface area contributed by atoms with Crippen LogP contribution < -0.4 is 5.48 Å². The molecule has 0 aromatic rings. The molecule has 0 radical (unpaired) electrons. The summed E-state index contributed by atoms with van der Waals surface area (Å²) in [7, 11) is -3.73. The average molecular weight is 239 g/mol. The van der Waals surface area contributed by atoms with Crippen molar-refractivity contribution >= 4 is 13.5 Å². The highest BCUT2D eigenvalue weighted by molar-refractivity contribution is 7.52. The summed E-state index contributed by atoms with van der Waals surface area (Å²) in [5.41, 5.74) is 1.17. The van der Waals surface area contributed by atoms with E-state index in [1.54, 1.807) is 0 Å². The SMILES string of the molecule is CC(C)(C)COP(=O)(O)CCC(=O)NO. The van der Waals surface area contributed by atoms with Gasteiger partial charge in [0, 0.05) is 6.42 Å². The molecule has 0 aliphatic heterocycles. The fourth-order valence-corrected chi connectivity index (χ4v) is 1.86.